The van der Waals surface area contributed by atoms with Gasteiger partial charge in [-0.2, -0.15) is 0 Å². The maximum absolute atomic E-state index is 11.9. The zero-order chi connectivity index (χ0) is 16.1. The molecule has 1 fully saturated rings. The maximum atomic E-state index is 11.9. The van der Waals surface area contributed by atoms with Crippen LogP contribution in [0.4, 0.5) is 5.69 Å². The second kappa shape index (κ2) is 7.79. The number of thiocarbonyl (C=S) groups is 1. The van der Waals surface area contributed by atoms with Gasteiger partial charge in [-0.3, -0.25) is 4.79 Å². The van der Waals surface area contributed by atoms with Crippen molar-refractivity contribution in [3.63, 3.8) is 0 Å². The first-order valence-electron chi connectivity index (χ1n) is 7.50. The summed E-state index contributed by atoms with van der Waals surface area (Å²) in [7, 11) is 0. The maximum Gasteiger partial charge on any atom is 0.310 e. The molecule has 0 aliphatic carbocycles. The number of ether oxygens (including phenoxy) is 1. The molecule has 0 spiro atoms. The number of halogens is 1. The smallest absolute Gasteiger partial charge is 0.310 e. The van der Waals surface area contributed by atoms with Crippen molar-refractivity contribution in [1.29, 1.82) is 0 Å². The van der Waals surface area contributed by atoms with Crippen LogP contribution in [0.15, 0.2) is 18.2 Å². The molecule has 1 aliphatic heterocycles. The van der Waals surface area contributed by atoms with Crippen molar-refractivity contribution in [3.8, 4) is 0 Å². The number of carbonyl (C=O) groups excluding carboxylic acids is 1. The Morgan fingerprint density at radius 2 is 2.32 bits per heavy atom. The third kappa shape index (κ3) is 4.34. The highest BCUT2D eigenvalue weighted by molar-refractivity contribution is 7.80. The molecule has 1 saturated heterocycles. The SMILES string of the molecule is CCOC(=O)[C@H]1CCCN(C(=S)Nc2ccc(C)c(Cl)c2)C1. The predicted molar refractivity (Wildman–Crippen MR) is 93.3 cm³/mol. The summed E-state index contributed by atoms with van der Waals surface area (Å²) >= 11 is 11.6. The molecule has 6 heteroatoms. The van der Waals surface area contributed by atoms with E-state index in [1.807, 2.05) is 36.9 Å². The summed E-state index contributed by atoms with van der Waals surface area (Å²) in [4.78, 5) is 13.9. The fraction of sp³-hybridized carbons (Fsp3) is 0.500. The van der Waals surface area contributed by atoms with Crippen LogP contribution in [0, 0.1) is 12.8 Å². The molecule has 1 aliphatic rings. The normalized spacial score (nSPS) is 18.0. The van der Waals surface area contributed by atoms with Crippen molar-refractivity contribution in [2.45, 2.75) is 26.7 Å². The lowest BCUT2D eigenvalue weighted by molar-refractivity contribution is -0.149. The van der Waals surface area contributed by atoms with Crippen LogP contribution in [0.2, 0.25) is 5.02 Å². The topological polar surface area (TPSA) is 41.6 Å². The minimum atomic E-state index is -0.131. The van der Waals surface area contributed by atoms with Crippen LogP contribution < -0.4 is 5.32 Å². The summed E-state index contributed by atoms with van der Waals surface area (Å²) in [5.41, 5.74) is 1.89. The van der Waals surface area contributed by atoms with E-state index in [4.69, 9.17) is 28.6 Å². The fourth-order valence-corrected chi connectivity index (χ4v) is 2.95. The Morgan fingerprint density at radius 1 is 1.55 bits per heavy atom. The van der Waals surface area contributed by atoms with E-state index in [1.165, 1.54) is 0 Å². The Morgan fingerprint density at radius 3 is 3.00 bits per heavy atom. The number of anilines is 1. The number of aryl methyl sites for hydroxylation is 1. The lowest BCUT2D eigenvalue weighted by Crippen LogP contribution is -2.44. The standard InChI is InChI=1S/C16H21ClN2O2S/c1-3-21-15(20)12-5-4-8-19(10-12)16(22)18-13-7-6-11(2)14(17)9-13/h6-7,9,12H,3-5,8,10H2,1-2H3,(H,18,22)/t12-/m0/s1. The van der Waals surface area contributed by atoms with Crippen molar-refractivity contribution in [3.05, 3.63) is 28.8 Å². The van der Waals surface area contributed by atoms with Crippen molar-refractivity contribution >= 4 is 40.6 Å². The summed E-state index contributed by atoms with van der Waals surface area (Å²) in [5.74, 6) is -0.233. The molecule has 1 aromatic carbocycles. The molecule has 0 bridgehead atoms. The van der Waals surface area contributed by atoms with Gasteiger partial charge in [-0.05, 0) is 56.6 Å². The van der Waals surface area contributed by atoms with Crippen molar-refractivity contribution < 1.29 is 9.53 Å². The highest BCUT2D eigenvalue weighted by atomic mass is 35.5. The van der Waals surface area contributed by atoms with Gasteiger partial charge < -0.3 is 15.0 Å². The molecular formula is C16H21ClN2O2S. The quantitative estimate of drug-likeness (QED) is 0.672. The van der Waals surface area contributed by atoms with Crippen LogP contribution in [0.5, 0.6) is 0 Å². The Hall–Kier alpha value is -1.33. The summed E-state index contributed by atoms with van der Waals surface area (Å²) < 4.78 is 5.11. The van der Waals surface area contributed by atoms with Crippen molar-refractivity contribution in [1.82, 2.24) is 4.90 Å². The minimum absolute atomic E-state index is 0.102. The van der Waals surface area contributed by atoms with Crippen molar-refractivity contribution in [2.24, 2.45) is 5.92 Å². The van der Waals surface area contributed by atoms with Crippen LogP contribution in [0.25, 0.3) is 0 Å². The van der Waals surface area contributed by atoms with E-state index in [1.54, 1.807) is 0 Å². The van der Waals surface area contributed by atoms with Gasteiger partial charge in [0.2, 0.25) is 0 Å². The number of hydrogen-bond acceptors (Lipinski definition) is 3. The molecule has 120 valence electrons. The van der Waals surface area contributed by atoms with E-state index < -0.39 is 0 Å². The lowest BCUT2D eigenvalue weighted by atomic mass is 9.98. The number of hydrogen-bond donors (Lipinski definition) is 1. The fourth-order valence-electron chi connectivity index (χ4n) is 2.49. The number of nitrogens with zero attached hydrogens (tertiary/aromatic N) is 1. The molecule has 0 amide bonds. The number of likely N-dealkylation sites (tertiary alicyclic amines) is 1. The van der Waals surface area contributed by atoms with E-state index in [0.29, 0.717) is 23.3 Å². The predicted octanol–water partition coefficient (Wildman–Crippen LogP) is 3.62. The highest BCUT2D eigenvalue weighted by Crippen LogP contribution is 2.22. The van der Waals surface area contributed by atoms with E-state index in [-0.39, 0.29) is 11.9 Å². The summed E-state index contributed by atoms with van der Waals surface area (Å²) in [6, 6.07) is 5.75. The third-order valence-corrected chi connectivity index (χ3v) is 4.52. The Bertz CT molecular complexity index is 565. The monoisotopic (exact) mass is 340 g/mol. The second-order valence-electron chi connectivity index (χ2n) is 5.43. The van der Waals surface area contributed by atoms with Gasteiger partial charge in [0, 0.05) is 23.8 Å². The van der Waals surface area contributed by atoms with Gasteiger partial charge in [-0.1, -0.05) is 17.7 Å². The molecule has 1 atom stereocenters. The summed E-state index contributed by atoms with van der Waals surface area (Å²) in [6.45, 7) is 5.65. The summed E-state index contributed by atoms with van der Waals surface area (Å²) in [5, 5.41) is 4.52. The average Bonchev–Trinajstić information content (AvgIpc) is 2.51. The van der Waals surface area contributed by atoms with Crippen LogP contribution in [0.1, 0.15) is 25.3 Å². The number of esters is 1. The third-order valence-electron chi connectivity index (χ3n) is 3.75. The molecule has 0 saturated carbocycles. The number of rotatable bonds is 3. The first-order valence-corrected chi connectivity index (χ1v) is 8.28. The van der Waals surface area contributed by atoms with Crippen LogP contribution in [-0.2, 0) is 9.53 Å². The van der Waals surface area contributed by atoms with Crippen molar-refractivity contribution in [2.75, 3.05) is 25.0 Å². The van der Waals surface area contributed by atoms with Crippen LogP contribution in [0.3, 0.4) is 0 Å². The van der Waals surface area contributed by atoms with E-state index >= 15 is 0 Å². The van der Waals surface area contributed by atoms with Crippen LogP contribution >= 0.6 is 23.8 Å². The Kier molecular flexibility index (Phi) is 6.03. The Balaban J connectivity index is 1.96. The molecule has 1 N–H and O–H groups in total. The first kappa shape index (κ1) is 17.0. The zero-order valence-electron chi connectivity index (χ0n) is 12.9. The molecule has 22 heavy (non-hydrogen) atoms. The van der Waals surface area contributed by atoms with Gasteiger partial charge in [0.05, 0.1) is 12.5 Å². The summed E-state index contributed by atoms with van der Waals surface area (Å²) in [6.07, 6.45) is 1.79. The number of benzene rings is 1. The molecule has 4 nitrogen and oxygen atoms in total. The molecular weight excluding hydrogens is 320 g/mol. The van der Waals surface area contributed by atoms with E-state index in [0.717, 1.165) is 30.6 Å². The first-order chi connectivity index (χ1) is 10.5. The molecule has 2 rings (SSSR count). The van der Waals surface area contributed by atoms with Gasteiger partial charge in [0.1, 0.15) is 0 Å². The van der Waals surface area contributed by atoms with Gasteiger partial charge in [0.25, 0.3) is 0 Å². The van der Waals surface area contributed by atoms with Gasteiger partial charge in [-0.15, -0.1) is 0 Å². The Labute approximate surface area is 141 Å². The molecule has 1 aromatic rings. The average molecular weight is 341 g/mol. The minimum Gasteiger partial charge on any atom is -0.466 e. The molecule has 0 radical (unpaired) electrons. The highest BCUT2D eigenvalue weighted by Gasteiger charge is 2.28. The number of piperidine rings is 1. The van der Waals surface area contributed by atoms with E-state index in [9.17, 15) is 4.79 Å². The molecule has 0 unspecified atom stereocenters. The second-order valence-corrected chi connectivity index (χ2v) is 6.23. The van der Waals surface area contributed by atoms with E-state index in [2.05, 4.69) is 5.32 Å². The largest absolute Gasteiger partial charge is 0.466 e. The van der Waals surface area contributed by atoms with Crippen LogP contribution in [-0.4, -0.2) is 35.7 Å². The molecule has 1 heterocycles. The molecule has 0 aromatic heterocycles. The van der Waals surface area contributed by atoms with Gasteiger partial charge in [0.15, 0.2) is 5.11 Å². The van der Waals surface area contributed by atoms with Gasteiger partial charge in [-0.25, -0.2) is 0 Å². The number of carbonyl (C=O) groups is 1. The zero-order valence-corrected chi connectivity index (χ0v) is 14.5. The van der Waals surface area contributed by atoms with Gasteiger partial charge >= 0.3 is 5.97 Å². The lowest BCUT2D eigenvalue weighted by Gasteiger charge is -2.33. The number of nitrogens with one attached hydrogen (secondary N) is 1.